The molecule has 1 unspecified atom stereocenters. The highest BCUT2D eigenvalue weighted by Crippen LogP contribution is 2.30. The van der Waals surface area contributed by atoms with Crippen LogP contribution in [-0.4, -0.2) is 44.2 Å². The van der Waals surface area contributed by atoms with E-state index in [1.54, 1.807) is 34.2 Å². The Morgan fingerprint density at radius 1 is 1.37 bits per heavy atom. The monoisotopic (exact) mass is 408 g/mol. The van der Waals surface area contributed by atoms with E-state index in [0.717, 1.165) is 17.8 Å². The van der Waals surface area contributed by atoms with Crippen LogP contribution in [0.3, 0.4) is 0 Å². The summed E-state index contributed by atoms with van der Waals surface area (Å²) >= 11 is 1.99. The van der Waals surface area contributed by atoms with E-state index in [2.05, 4.69) is 9.97 Å². The predicted octanol–water partition coefficient (Wildman–Crippen LogP) is 4.21. The lowest BCUT2D eigenvalue weighted by Crippen LogP contribution is -2.40. The first-order valence-electron chi connectivity index (χ1n) is 8.69. The van der Waals surface area contributed by atoms with Crippen LogP contribution < -0.4 is 0 Å². The molecule has 27 heavy (non-hydrogen) atoms. The van der Waals surface area contributed by atoms with E-state index in [4.69, 9.17) is 0 Å². The number of thiazole rings is 1. The number of piperidine rings is 1. The minimum atomic E-state index is -2.58. The maximum absolute atomic E-state index is 12.9. The van der Waals surface area contributed by atoms with Gasteiger partial charge in [0.15, 0.2) is 5.16 Å². The molecule has 1 atom stereocenters. The summed E-state index contributed by atoms with van der Waals surface area (Å²) in [6.07, 6.45) is 3.71. The van der Waals surface area contributed by atoms with Gasteiger partial charge < -0.3 is 9.47 Å². The third-order valence-corrected chi connectivity index (χ3v) is 6.32. The van der Waals surface area contributed by atoms with Gasteiger partial charge in [0.2, 0.25) is 5.91 Å². The summed E-state index contributed by atoms with van der Waals surface area (Å²) in [6, 6.07) is 7.20. The number of benzene rings is 1. The van der Waals surface area contributed by atoms with Gasteiger partial charge in [-0.25, -0.2) is 9.97 Å². The second-order valence-electron chi connectivity index (χ2n) is 6.40. The van der Waals surface area contributed by atoms with Crippen molar-refractivity contribution in [3.63, 3.8) is 0 Å². The van der Waals surface area contributed by atoms with Crippen LogP contribution in [0, 0.1) is 0 Å². The molecule has 1 aromatic carbocycles. The molecule has 5 nitrogen and oxygen atoms in total. The van der Waals surface area contributed by atoms with Gasteiger partial charge in [0.05, 0.1) is 16.0 Å². The van der Waals surface area contributed by atoms with Crippen LogP contribution in [0.15, 0.2) is 41.0 Å². The van der Waals surface area contributed by atoms with E-state index in [1.165, 1.54) is 0 Å². The predicted molar refractivity (Wildman–Crippen MR) is 102 cm³/mol. The number of hydrogen-bond acceptors (Lipinski definition) is 5. The van der Waals surface area contributed by atoms with Crippen molar-refractivity contribution in [2.45, 2.75) is 36.2 Å². The van der Waals surface area contributed by atoms with Gasteiger partial charge in [-0.05, 0) is 36.7 Å². The molecule has 3 aromatic rings. The summed E-state index contributed by atoms with van der Waals surface area (Å²) < 4.78 is 27.5. The Hall–Kier alpha value is -2.00. The lowest BCUT2D eigenvalue weighted by molar-refractivity contribution is -0.133. The molecule has 1 fully saturated rings. The molecule has 1 saturated heterocycles. The van der Waals surface area contributed by atoms with Gasteiger partial charge >= 0.3 is 0 Å². The zero-order valence-electron chi connectivity index (χ0n) is 14.4. The third kappa shape index (κ3) is 3.98. The number of rotatable bonds is 5. The molecule has 0 spiro atoms. The zero-order chi connectivity index (χ0) is 18.8. The summed E-state index contributed by atoms with van der Waals surface area (Å²) in [5.74, 6) is -2.41. The molecule has 0 N–H and O–H groups in total. The van der Waals surface area contributed by atoms with Gasteiger partial charge in [0.25, 0.3) is 5.76 Å². The molecule has 1 aliphatic rings. The number of carbonyl (C=O) groups is 1. The van der Waals surface area contributed by atoms with Crippen LogP contribution in [-0.2, 0) is 11.3 Å². The number of para-hydroxylation sites is 2. The van der Waals surface area contributed by atoms with E-state index >= 15 is 0 Å². The van der Waals surface area contributed by atoms with Gasteiger partial charge in [0, 0.05) is 30.6 Å². The summed E-state index contributed by atoms with van der Waals surface area (Å²) in [4.78, 5) is 23.4. The van der Waals surface area contributed by atoms with E-state index in [-0.39, 0.29) is 23.5 Å². The summed E-state index contributed by atoms with van der Waals surface area (Å²) in [6.45, 7) is 1.32. The highest BCUT2D eigenvalue weighted by Gasteiger charge is 2.27. The Kier molecular flexibility index (Phi) is 5.40. The molecule has 0 aliphatic carbocycles. The summed E-state index contributed by atoms with van der Waals surface area (Å²) in [7, 11) is 0. The molecule has 0 radical (unpaired) electrons. The van der Waals surface area contributed by atoms with Gasteiger partial charge in [-0.3, -0.25) is 4.79 Å². The van der Waals surface area contributed by atoms with Crippen molar-refractivity contribution >= 4 is 40.0 Å². The van der Waals surface area contributed by atoms with E-state index in [1.807, 2.05) is 22.4 Å². The van der Waals surface area contributed by atoms with Crippen molar-refractivity contribution in [1.29, 1.82) is 0 Å². The van der Waals surface area contributed by atoms with Crippen molar-refractivity contribution in [2.75, 3.05) is 13.1 Å². The maximum Gasteiger partial charge on any atom is 0.291 e. The average molecular weight is 408 g/mol. The fraction of sp³-hybridized carbons (Fsp3) is 0.389. The van der Waals surface area contributed by atoms with Crippen LogP contribution in [0.4, 0.5) is 8.78 Å². The second-order valence-corrected chi connectivity index (χ2v) is 8.28. The van der Waals surface area contributed by atoms with Crippen LogP contribution in [0.25, 0.3) is 11.0 Å². The lowest BCUT2D eigenvalue weighted by Gasteiger charge is -2.32. The molecule has 3 heterocycles. The van der Waals surface area contributed by atoms with Crippen molar-refractivity contribution in [3.05, 3.63) is 40.8 Å². The number of amides is 1. The topological polar surface area (TPSA) is 51.0 Å². The normalized spacial score (nSPS) is 17.7. The molecule has 9 heteroatoms. The van der Waals surface area contributed by atoms with Crippen LogP contribution in [0.5, 0.6) is 0 Å². The Labute approximate surface area is 163 Å². The Balaban J connectivity index is 1.55. The van der Waals surface area contributed by atoms with E-state index < -0.39 is 5.76 Å². The zero-order valence-corrected chi connectivity index (χ0v) is 16.1. The Bertz CT molecular complexity index is 929. The SMILES string of the molecule is O=C(Cn1c(SC(F)F)nc2ccccc21)N1CCCC(c2nccs2)C1. The number of alkyl halides is 2. The minimum absolute atomic E-state index is 0.0140. The molecule has 2 aromatic heterocycles. The van der Waals surface area contributed by atoms with Crippen LogP contribution in [0.2, 0.25) is 0 Å². The number of aromatic nitrogens is 3. The van der Waals surface area contributed by atoms with Crippen molar-refractivity contribution in [3.8, 4) is 0 Å². The van der Waals surface area contributed by atoms with Gasteiger partial charge in [-0.1, -0.05) is 12.1 Å². The first kappa shape index (κ1) is 18.4. The van der Waals surface area contributed by atoms with Gasteiger partial charge in [-0.15, -0.1) is 11.3 Å². The van der Waals surface area contributed by atoms with E-state index in [0.29, 0.717) is 35.9 Å². The lowest BCUT2D eigenvalue weighted by atomic mass is 9.99. The quantitative estimate of drug-likeness (QED) is 0.594. The van der Waals surface area contributed by atoms with Crippen molar-refractivity contribution in [1.82, 2.24) is 19.4 Å². The molecule has 4 rings (SSSR count). The van der Waals surface area contributed by atoms with Crippen molar-refractivity contribution in [2.24, 2.45) is 0 Å². The van der Waals surface area contributed by atoms with Crippen molar-refractivity contribution < 1.29 is 13.6 Å². The molecule has 0 saturated carbocycles. The standard InChI is InChI=1S/C18H18F2N4OS2/c19-17(20)27-18-22-13-5-1-2-6-14(13)24(18)11-15(25)23-8-3-4-12(10-23)16-21-7-9-26-16/h1-2,5-7,9,12,17H,3-4,8,10-11H2. The second kappa shape index (κ2) is 7.93. The summed E-state index contributed by atoms with van der Waals surface area (Å²) in [5.41, 5.74) is 1.32. The highest BCUT2D eigenvalue weighted by atomic mass is 32.2. The van der Waals surface area contributed by atoms with Gasteiger partial charge in [-0.2, -0.15) is 8.78 Å². The number of likely N-dealkylation sites (tertiary alicyclic amines) is 1. The molecule has 142 valence electrons. The smallest absolute Gasteiger partial charge is 0.291 e. The number of carbonyl (C=O) groups excluding carboxylic acids is 1. The first-order valence-corrected chi connectivity index (χ1v) is 10.4. The van der Waals surface area contributed by atoms with E-state index in [9.17, 15) is 13.6 Å². The van der Waals surface area contributed by atoms with Gasteiger partial charge in [0.1, 0.15) is 6.54 Å². The fourth-order valence-electron chi connectivity index (χ4n) is 3.45. The molecule has 1 amide bonds. The highest BCUT2D eigenvalue weighted by molar-refractivity contribution is 7.99. The molecular formula is C18H18F2N4OS2. The number of fused-ring (bicyclic) bond motifs is 1. The number of thioether (sulfide) groups is 1. The third-order valence-electron chi connectivity index (χ3n) is 4.68. The fourth-order valence-corrected chi connectivity index (χ4v) is 4.82. The molecule has 0 bridgehead atoms. The number of halogens is 2. The number of nitrogens with zero attached hydrogens (tertiary/aromatic N) is 4. The van der Waals surface area contributed by atoms with Crippen LogP contribution >= 0.6 is 23.1 Å². The minimum Gasteiger partial charge on any atom is -0.340 e. The Morgan fingerprint density at radius 3 is 3.00 bits per heavy atom. The number of imidazole rings is 1. The average Bonchev–Trinajstić information content (AvgIpc) is 3.30. The number of hydrogen-bond donors (Lipinski definition) is 0. The molecule has 1 aliphatic heterocycles. The first-order chi connectivity index (χ1) is 13.1. The summed E-state index contributed by atoms with van der Waals surface area (Å²) in [5, 5.41) is 3.17. The molecular weight excluding hydrogens is 390 g/mol. The van der Waals surface area contributed by atoms with Crippen LogP contribution in [0.1, 0.15) is 23.8 Å². The largest absolute Gasteiger partial charge is 0.340 e. The maximum atomic E-state index is 12.9. The Morgan fingerprint density at radius 2 is 2.22 bits per heavy atom.